The maximum Gasteiger partial charge on any atom is 0.272 e. The number of halogens is 1. The van der Waals surface area contributed by atoms with Gasteiger partial charge in [0.05, 0.1) is 0 Å². The standard InChI is InChI=1S/C23H21FN4OS2/c24-16-4-3-5-18(14-16)27-23(30)26-17-6-8-19(9-7-17)31-20-10-11-25-21(15-20)22(29)28-12-1-2-13-28/h3-11,14-15H,1-2,12-13H2,(H2,26,27,30). The van der Waals surface area contributed by atoms with E-state index in [9.17, 15) is 9.18 Å². The van der Waals surface area contributed by atoms with Crippen LogP contribution in [0.5, 0.6) is 0 Å². The number of rotatable bonds is 5. The van der Waals surface area contributed by atoms with Crippen molar-refractivity contribution >= 4 is 46.4 Å². The first-order chi connectivity index (χ1) is 15.1. The highest BCUT2D eigenvalue weighted by Crippen LogP contribution is 2.29. The number of hydrogen-bond acceptors (Lipinski definition) is 4. The van der Waals surface area contributed by atoms with Crippen LogP contribution in [0.15, 0.2) is 76.7 Å². The number of anilines is 2. The molecule has 2 N–H and O–H groups in total. The molecule has 1 fully saturated rings. The number of hydrogen-bond donors (Lipinski definition) is 2. The largest absolute Gasteiger partial charge is 0.337 e. The summed E-state index contributed by atoms with van der Waals surface area (Å²) in [5.74, 6) is -0.325. The van der Waals surface area contributed by atoms with Gasteiger partial charge in [-0.2, -0.15) is 0 Å². The van der Waals surface area contributed by atoms with Crippen molar-refractivity contribution in [1.29, 1.82) is 0 Å². The summed E-state index contributed by atoms with van der Waals surface area (Å²) in [6.45, 7) is 1.62. The van der Waals surface area contributed by atoms with E-state index in [0.29, 0.717) is 16.5 Å². The molecule has 0 saturated carbocycles. The van der Waals surface area contributed by atoms with Gasteiger partial charge in [0, 0.05) is 40.5 Å². The normalized spacial score (nSPS) is 13.1. The van der Waals surface area contributed by atoms with E-state index in [1.807, 2.05) is 41.3 Å². The lowest BCUT2D eigenvalue weighted by molar-refractivity contribution is 0.0786. The molecular weight excluding hydrogens is 431 g/mol. The average Bonchev–Trinajstić information content (AvgIpc) is 3.30. The van der Waals surface area contributed by atoms with E-state index in [-0.39, 0.29) is 11.7 Å². The number of thiocarbonyl (C=S) groups is 1. The van der Waals surface area contributed by atoms with Crippen molar-refractivity contribution in [3.63, 3.8) is 0 Å². The molecule has 31 heavy (non-hydrogen) atoms. The topological polar surface area (TPSA) is 57.3 Å². The van der Waals surface area contributed by atoms with Crippen molar-refractivity contribution < 1.29 is 9.18 Å². The molecule has 158 valence electrons. The van der Waals surface area contributed by atoms with Gasteiger partial charge < -0.3 is 15.5 Å². The molecule has 2 heterocycles. The Kier molecular flexibility index (Phi) is 6.79. The third-order valence-electron chi connectivity index (χ3n) is 4.77. The van der Waals surface area contributed by atoms with Crippen LogP contribution in [0.4, 0.5) is 15.8 Å². The molecule has 0 spiro atoms. The molecule has 0 aliphatic carbocycles. The minimum atomic E-state index is -0.324. The third-order valence-corrected chi connectivity index (χ3v) is 5.98. The van der Waals surface area contributed by atoms with Gasteiger partial charge in [-0.3, -0.25) is 9.78 Å². The highest BCUT2D eigenvalue weighted by molar-refractivity contribution is 7.99. The second-order valence-electron chi connectivity index (χ2n) is 7.09. The number of nitrogens with one attached hydrogen (secondary N) is 2. The number of carbonyl (C=O) groups excluding carboxylic acids is 1. The van der Waals surface area contributed by atoms with Crippen LogP contribution in [0.2, 0.25) is 0 Å². The third kappa shape index (κ3) is 5.80. The van der Waals surface area contributed by atoms with Crippen LogP contribution in [0.25, 0.3) is 0 Å². The van der Waals surface area contributed by atoms with Crippen LogP contribution in [0, 0.1) is 5.82 Å². The Balaban J connectivity index is 1.35. The zero-order chi connectivity index (χ0) is 21.6. The highest BCUT2D eigenvalue weighted by Gasteiger charge is 2.20. The summed E-state index contributed by atoms with van der Waals surface area (Å²) < 4.78 is 13.3. The van der Waals surface area contributed by atoms with Crippen molar-refractivity contribution in [3.05, 3.63) is 78.4 Å². The maximum absolute atomic E-state index is 13.3. The van der Waals surface area contributed by atoms with Gasteiger partial charge in [-0.25, -0.2) is 4.39 Å². The lowest BCUT2D eigenvalue weighted by Gasteiger charge is -2.14. The van der Waals surface area contributed by atoms with Crippen LogP contribution in [-0.4, -0.2) is 34.0 Å². The van der Waals surface area contributed by atoms with E-state index in [4.69, 9.17) is 12.2 Å². The molecule has 1 aromatic heterocycles. The predicted molar refractivity (Wildman–Crippen MR) is 126 cm³/mol. The highest BCUT2D eigenvalue weighted by atomic mass is 32.2. The molecule has 8 heteroatoms. The summed E-state index contributed by atoms with van der Waals surface area (Å²) in [6, 6.07) is 17.6. The second-order valence-corrected chi connectivity index (χ2v) is 8.65. The SMILES string of the molecule is O=C(c1cc(Sc2ccc(NC(=S)Nc3cccc(F)c3)cc2)ccn1)N1CCCC1. The lowest BCUT2D eigenvalue weighted by atomic mass is 10.3. The van der Waals surface area contributed by atoms with E-state index in [1.54, 1.807) is 30.1 Å². The van der Waals surface area contributed by atoms with Gasteiger partial charge in [0.15, 0.2) is 5.11 Å². The summed E-state index contributed by atoms with van der Waals surface area (Å²) in [7, 11) is 0. The molecule has 1 aliphatic heterocycles. The second kappa shape index (κ2) is 9.89. The summed E-state index contributed by atoms with van der Waals surface area (Å²) in [4.78, 5) is 20.7. The van der Waals surface area contributed by atoms with Crippen LogP contribution in [0.3, 0.4) is 0 Å². The van der Waals surface area contributed by atoms with Crippen LogP contribution in [-0.2, 0) is 0 Å². The van der Waals surface area contributed by atoms with Crippen molar-refractivity contribution in [2.75, 3.05) is 23.7 Å². The monoisotopic (exact) mass is 452 g/mol. The van der Waals surface area contributed by atoms with E-state index < -0.39 is 0 Å². The molecule has 4 rings (SSSR count). The number of amides is 1. The van der Waals surface area contributed by atoms with E-state index in [0.717, 1.165) is 41.4 Å². The molecule has 0 bridgehead atoms. The molecule has 5 nitrogen and oxygen atoms in total. The molecule has 3 aromatic rings. The van der Waals surface area contributed by atoms with Crippen LogP contribution >= 0.6 is 24.0 Å². The van der Waals surface area contributed by atoms with E-state index >= 15 is 0 Å². The Morgan fingerprint density at radius 2 is 1.71 bits per heavy atom. The van der Waals surface area contributed by atoms with Crippen molar-refractivity contribution in [3.8, 4) is 0 Å². The zero-order valence-electron chi connectivity index (χ0n) is 16.7. The molecule has 1 amide bonds. The number of nitrogens with zero attached hydrogens (tertiary/aromatic N) is 2. The summed E-state index contributed by atoms with van der Waals surface area (Å²) in [5.41, 5.74) is 1.89. The Morgan fingerprint density at radius 1 is 0.968 bits per heavy atom. The summed E-state index contributed by atoms with van der Waals surface area (Å²) in [6.07, 6.45) is 3.79. The fraction of sp³-hybridized carbons (Fsp3) is 0.174. The molecule has 0 radical (unpaired) electrons. The number of aromatic nitrogens is 1. The maximum atomic E-state index is 13.3. The zero-order valence-corrected chi connectivity index (χ0v) is 18.3. The van der Waals surface area contributed by atoms with Gasteiger partial charge in [-0.05, 0) is 79.7 Å². The number of carbonyl (C=O) groups is 1. The van der Waals surface area contributed by atoms with E-state index in [2.05, 4.69) is 15.6 Å². The Labute approximate surface area is 190 Å². The molecule has 0 unspecified atom stereocenters. The Morgan fingerprint density at radius 3 is 2.45 bits per heavy atom. The first-order valence-electron chi connectivity index (χ1n) is 9.94. The number of likely N-dealkylation sites (tertiary alicyclic amines) is 1. The summed E-state index contributed by atoms with van der Waals surface area (Å²) in [5, 5.41) is 6.42. The van der Waals surface area contributed by atoms with Gasteiger partial charge in [-0.1, -0.05) is 17.8 Å². The van der Waals surface area contributed by atoms with E-state index in [1.165, 1.54) is 12.1 Å². The molecule has 0 atom stereocenters. The molecular formula is C23H21FN4OS2. The van der Waals surface area contributed by atoms with Crippen LogP contribution in [0.1, 0.15) is 23.3 Å². The lowest BCUT2D eigenvalue weighted by Crippen LogP contribution is -2.28. The van der Waals surface area contributed by atoms with Crippen LogP contribution < -0.4 is 10.6 Å². The number of pyridine rings is 1. The number of benzene rings is 2. The van der Waals surface area contributed by atoms with Crippen molar-refractivity contribution in [2.24, 2.45) is 0 Å². The summed E-state index contributed by atoms with van der Waals surface area (Å²) >= 11 is 6.86. The van der Waals surface area contributed by atoms with Gasteiger partial charge in [-0.15, -0.1) is 0 Å². The van der Waals surface area contributed by atoms with Gasteiger partial charge in [0.2, 0.25) is 0 Å². The van der Waals surface area contributed by atoms with Crippen molar-refractivity contribution in [1.82, 2.24) is 9.88 Å². The minimum Gasteiger partial charge on any atom is -0.337 e. The molecule has 2 aromatic carbocycles. The smallest absolute Gasteiger partial charge is 0.272 e. The van der Waals surface area contributed by atoms with Crippen molar-refractivity contribution in [2.45, 2.75) is 22.6 Å². The Bertz CT molecular complexity index is 1080. The first kappa shape index (κ1) is 21.3. The molecule has 1 aliphatic rings. The first-order valence-corrected chi connectivity index (χ1v) is 11.2. The quantitative estimate of drug-likeness (QED) is 0.505. The average molecular weight is 453 g/mol. The molecule has 1 saturated heterocycles. The van der Waals surface area contributed by atoms with Gasteiger partial charge in [0.25, 0.3) is 5.91 Å². The fourth-order valence-electron chi connectivity index (χ4n) is 3.28. The minimum absolute atomic E-state index is 0.00110. The fourth-order valence-corrected chi connectivity index (χ4v) is 4.36. The van der Waals surface area contributed by atoms with Gasteiger partial charge in [0.1, 0.15) is 11.5 Å². The predicted octanol–water partition coefficient (Wildman–Crippen LogP) is 5.42. The van der Waals surface area contributed by atoms with Gasteiger partial charge >= 0.3 is 0 Å². The Hall–Kier alpha value is -2.97.